The van der Waals surface area contributed by atoms with Crippen LogP contribution in [0.2, 0.25) is 0 Å². The smallest absolute Gasteiger partial charge is 0.323 e. The number of carboxylic acids is 1. The van der Waals surface area contributed by atoms with Gasteiger partial charge in [0.05, 0.1) is 6.20 Å². The van der Waals surface area contributed by atoms with Gasteiger partial charge in [0.15, 0.2) is 5.65 Å². The summed E-state index contributed by atoms with van der Waals surface area (Å²) in [6.07, 6.45) is 1.33. The van der Waals surface area contributed by atoms with Gasteiger partial charge in [-0.05, 0) is 39.7 Å². The van der Waals surface area contributed by atoms with Crippen LogP contribution in [0.5, 0.6) is 0 Å². The molecule has 0 aliphatic heterocycles. The molecule has 0 radical (unpaired) electrons. The number of carbonyl (C=O) groups is 2. The number of pyridine rings is 1. The van der Waals surface area contributed by atoms with Crippen molar-refractivity contribution >= 4 is 39.0 Å². The van der Waals surface area contributed by atoms with Crippen molar-refractivity contribution in [1.29, 1.82) is 0 Å². The summed E-state index contributed by atoms with van der Waals surface area (Å²) in [5, 5.41) is 11.6. The van der Waals surface area contributed by atoms with Gasteiger partial charge in [0, 0.05) is 6.54 Å². The molecule has 0 fully saturated rings. The number of carbonyl (C=O) groups excluding carboxylic acids is 1. The molecular weight excluding hydrogens is 423 g/mol. The molecule has 3 aromatic rings. The van der Waals surface area contributed by atoms with E-state index in [1.807, 2.05) is 0 Å². The molecule has 0 spiro atoms. The second-order valence-electron chi connectivity index (χ2n) is 5.55. The van der Waals surface area contributed by atoms with Gasteiger partial charge in [0.25, 0.3) is 11.5 Å². The summed E-state index contributed by atoms with van der Waals surface area (Å²) in [5.41, 5.74) is -0.173. The van der Waals surface area contributed by atoms with Crippen LogP contribution in [0.1, 0.15) is 15.9 Å². The van der Waals surface area contributed by atoms with Crippen molar-refractivity contribution in [1.82, 2.24) is 19.9 Å². The molecule has 0 unspecified atom stereocenters. The number of carboxylic acid groups (broad SMARTS) is 1. The van der Waals surface area contributed by atoms with Crippen LogP contribution in [0.15, 0.2) is 45.9 Å². The summed E-state index contributed by atoms with van der Waals surface area (Å²) in [5.74, 6) is -2.36. The SMILES string of the molecule is O=C(O)Cn1c(=O)c(C(=O)NCc2ccc(F)cc2)cc2nc(Br)cnc21. The minimum atomic E-state index is -1.26. The zero-order chi connectivity index (χ0) is 19.6. The van der Waals surface area contributed by atoms with E-state index in [2.05, 4.69) is 31.2 Å². The normalized spacial score (nSPS) is 10.7. The van der Waals surface area contributed by atoms with E-state index < -0.39 is 29.8 Å². The summed E-state index contributed by atoms with van der Waals surface area (Å²) >= 11 is 3.15. The van der Waals surface area contributed by atoms with Crippen molar-refractivity contribution in [2.24, 2.45) is 0 Å². The molecule has 2 aromatic heterocycles. The Hall–Kier alpha value is -3.14. The third-order valence-electron chi connectivity index (χ3n) is 3.67. The Labute approximate surface area is 159 Å². The van der Waals surface area contributed by atoms with Crippen LogP contribution in [0.25, 0.3) is 11.2 Å². The number of nitrogens with one attached hydrogen (secondary N) is 1. The van der Waals surface area contributed by atoms with E-state index in [1.165, 1.54) is 36.5 Å². The van der Waals surface area contributed by atoms with E-state index in [1.54, 1.807) is 0 Å². The maximum Gasteiger partial charge on any atom is 0.323 e. The van der Waals surface area contributed by atoms with Gasteiger partial charge in [-0.1, -0.05) is 12.1 Å². The van der Waals surface area contributed by atoms with Crippen LogP contribution >= 0.6 is 15.9 Å². The lowest BCUT2D eigenvalue weighted by Crippen LogP contribution is -2.34. The van der Waals surface area contributed by atoms with Crippen molar-refractivity contribution in [2.75, 3.05) is 0 Å². The minimum Gasteiger partial charge on any atom is -0.480 e. The zero-order valence-electron chi connectivity index (χ0n) is 13.6. The molecule has 0 aliphatic rings. The maximum absolute atomic E-state index is 12.9. The first kappa shape index (κ1) is 18.6. The second kappa shape index (κ2) is 7.62. The van der Waals surface area contributed by atoms with Gasteiger partial charge < -0.3 is 10.4 Å². The molecule has 138 valence electrons. The second-order valence-corrected chi connectivity index (χ2v) is 6.37. The third-order valence-corrected chi connectivity index (χ3v) is 4.05. The molecular formula is C17H12BrFN4O4. The Balaban J connectivity index is 1.98. The highest BCUT2D eigenvalue weighted by molar-refractivity contribution is 9.10. The van der Waals surface area contributed by atoms with Gasteiger partial charge in [-0.25, -0.2) is 14.4 Å². The summed E-state index contributed by atoms with van der Waals surface area (Å²) in [6, 6.07) is 6.77. The summed E-state index contributed by atoms with van der Waals surface area (Å²) < 4.78 is 14.2. The van der Waals surface area contributed by atoms with Crippen molar-refractivity contribution < 1.29 is 19.1 Å². The van der Waals surface area contributed by atoms with Crippen LogP contribution in [0, 0.1) is 5.82 Å². The lowest BCUT2D eigenvalue weighted by atomic mass is 10.2. The van der Waals surface area contributed by atoms with E-state index in [0.29, 0.717) is 10.2 Å². The first-order valence-corrected chi connectivity index (χ1v) is 8.45. The number of hydrogen-bond acceptors (Lipinski definition) is 5. The predicted octanol–water partition coefficient (Wildman–Crippen LogP) is 1.71. The fourth-order valence-corrected chi connectivity index (χ4v) is 2.74. The molecule has 8 nitrogen and oxygen atoms in total. The fraction of sp³-hybridized carbons (Fsp3) is 0.118. The largest absolute Gasteiger partial charge is 0.480 e. The van der Waals surface area contributed by atoms with Crippen LogP contribution in [0.4, 0.5) is 4.39 Å². The molecule has 0 saturated heterocycles. The Morgan fingerprint density at radius 2 is 1.96 bits per heavy atom. The molecule has 0 atom stereocenters. The number of rotatable bonds is 5. The van der Waals surface area contributed by atoms with Crippen LogP contribution in [0.3, 0.4) is 0 Å². The Morgan fingerprint density at radius 3 is 2.63 bits per heavy atom. The van der Waals surface area contributed by atoms with E-state index in [-0.39, 0.29) is 23.3 Å². The summed E-state index contributed by atoms with van der Waals surface area (Å²) in [7, 11) is 0. The van der Waals surface area contributed by atoms with Gasteiger partial charge in [-0.15, -0.1) is 0 Å². The van der Waals surface area contributed by atoms with Gasteiger partial charge in [0.2, 0.25) is 0 Å². The molecule has 0 saturated carbocycles. The quantitative estimate of drug-likeness (QED) is 0.631. The van der Waals surface area contributed by atoms with Crippen molar-refractivity contribution in [2.45, 2.75) is 13.1 Å². The first-order chi connectivity index (χ1) is 12.8. The van der Waals surface area contributed by atoms with Crippen molar-refractivity contribution in [3.8, 4) is 0 Å². The van der Waals surface area contributed by atoms with Crippen molar-refractivity contribution in [3.05, 3.63) is 68.4 Å². The summed E-state index contributed by atoms with van der Waals surface area (Å²) in [6.45, 7) is -0.593. The first-order valence-electron chi connectivity index (χ1n) is 7.65. The number of aliphatic carboxylic acids is 1. The van der Waals surface area contributed by atoms with Gasteiger partial charge >= 0.3 is 5.97 Å². The molecule has 3 rings (SSSR count). The number of aromatic nitrogens is 3. The van der Waals surface area contributed by atoms with Gasteiger partial charge in [-0.3, -0.25) is 19.0 Å². The zero-order valence-corrected chi connectivity index (χ0v) is 15.2. The number of halogens is 2. The molecule has 27 heavy (non-hydrogen) atoms. The molecule has 1 amide bonds. The highest BCUT2D eigenvalue weighted by Crippen LogP contribution is 2.13. The summed E-state index contributed by atoms with van der Waals surface area (Å²) in [4.78, 5) is 44.3. The highest BCUT2D eigenvalue weighted by atomic mass is 79.9. The number of benzene rings is 1. The maximum atomic E-state index is 12.9. The minimum absolute atomic E-state index is 0.0562. The lowest BCUT2D eigenvalue weighted by Gasteiger charge is -2.10. The topological polar surface area (TPSA) is 114 Å². The van der Waals surface area contributed by atoms with E-state index in [4.69, 9.17) is 5.11 Å². The van der Waals surface area contributed by atoms with Crippen LogP contribution in [-0.2, 0) is 17.9 Å². The third kappa shape index (κ3) is 4.17. The molecule has 2 N–H and O–H groups in total. The van der Waals surface area contributed by atoms with Gasteiger partial charge in [-0.2, -0.15) is 0 Å². The average Bonchev–Trinajstić information content (AvgIpc) is 2.62. The average molecular weight is 435 g/mol. The predicted molar refractivity (Wildman–Crippen MR) is 96.7 cm³/mol. The fourth-order valence-electron chi connectivity index (χ4n) is 2.44. The number of amides is 1. The number of nitrogens with zero attached hydrogens (tertiary/aromatic N) is 3. The number of hydrogen-bond donors (Lipinski definition) is 2. The lowest BCUT2D eigenvalue weighted by molar-refractivity contribution is -0.137. The molecule has 2 heterocycles. The standard InChI is InChI=1S/C17H12BrFN4O4/c18-13-7-20-15-12(22-13)5-11(17(27)23(15)8-14(24)25)16(26)21-6-9-1-3-10(19)4-2-9/h1-5,7H,6,8H2,(H,21,26)(H,24,25). The molecule has 1 aromatic carbocycles. The van der Waals surface area contributed by atoms with E-state index in [0.717, 1.165) is 4.57 Å². The molecule has 10 heteroatoms. The van der Waals surface area contributed by atoms with Crippen LogP contribution in [-0.4, -0.2) is 31.5 Å². The highest BCUT2D eigenvalue weighted by Gasteiger charge is 2.18. The van der Waals surface area contributed by atoms with E-state index in [9.17, 15) is 18.8 Å². The number of fused-ring (bicyclic) bond motifs is 1. The van der Waals surface area contributed by atoms with E-state index >= 15 is 0 Å². The Morgan fingerprint density at radius 1 is 1.26 bits per heavy atom. The van der Waals surface area contributed by atoms with Gasteiger partial charge in [0.1, 0.15) is 28.0 Å². The molecule has 0 bridgehead atoms. The van der Waals surface area contributed by atoms with Crippen molar-refractivity contribution in [3.63, 3.8) is 0 Å². The molecule has 0 aliphatic carbocycles. The van der Waals surface area contributed by atoms with Crippen LogP contribution < -0.4 is 10.9 Å². The Kier molecular flexibility index (Phi) is 5.26. The Bertz CT molecular complexity index is 1100. The monoisotopic (exact) mass is 434 g/mol.